The molecule has 4 heteroatoms. The summed E-state index contributed by atoms with van der Waals surface area (Å²) in [5.74, 6) is 2.57. The van der Waals surface area contributed by atoms with Crippen LogP contribution >= 0.6 is 0 Å². The third-order valence-corrected chi connectivity index (χ3v) is 3.37. The number of hydrogen-bond donors (Lipinski definition) is 0. The van der Waals surface area contributed by atoms with Crippen LogP contribution in [0.2, 0.25) is 0 Å². The van der Waals surface area contributed by atoms with Crippen LogP contribution in [0.4, 0.5) is 0 Å². The van der Waals surface area contributed by atoms with E-state index in [0.29, 0.717) is 49.4 Å². The number of hydrogen-bond acceptors (Lipinski definition) is 4. The molecule has 0 saturated carbocycles. The third kappa shape index (κ3) is 6.90. The molecule has 0 aliphatic heterocycles. The third-order valence-electron chi connectivity index (χ3n) is 3.37. The molecule has 0 aliphatic carbocycles. The lowest BCUT2D eigenvalue weighted by molar-refractivity contribution is 0.224. The molecule has 24 heavy (non-hydrogen) atoms. The van der Waals surface area contributed by atoms with Crippen LogP contribution in [0.1, 0.15) is 66.2 Å². The van der Waals surface area contributed by atoms with Gasteiger partial charge < -0.3 is 18.9 Å². The summed E-state index contributed by atoms with van der Waals surface area (Å²) in [6.07, 6.45) is 6.01. The van der Waals surface area contributed by atoms with E-state index >= 15 is 0 Å². The van der Waals surface area contributed by atoms with Crippen LogP contribution in [-0.4, -0.2) is 26.4 Å². The second-order valence-electron chi connectivity index (χ2n) is 5.74. The van der Waals surface area contributed by atoms with Crippen molar-refractivity contribution in [2.75, 3.05) is 26.4 Å². The maximum atomic E-state index is 6.00. The van der Waals surface area contributed by atoms with E-state index < -0.39 is 0 Å². The van der Waals surface area contributed by atoms with Gasteiger partial charge in [0.25, 0.3) is 0 Å². The van der Waals surface area contributed by atoms with E-state index in [0.717, 1.165) is 38.5 Å². The van der Waals surface area contributed by atoms with Gasteiger partial charge in [-0.05, 0) is 31.7 Å². The number of benzene rings is 1. The second kappa shape index (κ2) is 12.8. The van der Waals surface area contributed by atoms with Gasteiger partial charge in [0, 0.05) is 6.07 Å². The first-order valence-electron chi connectivity index (χ1n) is 9.38. The minimum atomic E-state index is 0.616. The van der Waals surface area contributed by atoms with Crippen LogP contribution in [0.25, 0.3) is 0 Å². The van der Waals surface area contributed by atoms with Crippen LogP contribution < -0.4 is 18.9 Å². The van der Waals surface area contributed by atoms with Crippen molar-refractivity contribution < 1.29 is 18.9 Å². The molecule has 0 heterocycles. The highest BCUT2D eigenvalue weighted by Crippen LogP contribution is 2.44. The Bertz CT molecular complexity index is 446. The fraction of sp³-hybridized carbons (Fsp3) is 0.700. The fourth-order valence-electron chi connectivity index (χ4n) is 2.01. The van der Waals surface area contributed by atoms with Crippen molar-refractivity contribution in [2.24, 2.45) is 0 Å². The summed E-state index contributed by atoms with van der Waals surface area (Å²) in [4.78, 5) is 0. The lowest BCUT2D eigenvalue weighted by atomic mass is 10.2. The summed E-state index contributed by atoms with van der Waals surface area (Å²) >= 11 is 0. The molecule has 4 nitrogen and oxygen atoms in total. The molecular weight excluding hydrogens is 304 g/mol. The van der Waals surface area contributed by atoms with E-state index in [-0.39, 0.29) is 0 Å². The molecule has 0 bridgehead atoms. The zero-order valence-electron chi connectivity index (χ0n) is 15.8. The first-order chi connectivity index (χ1) is 11.8. The predicted octanol–water partition coefficient (Wildman–Crippen LogP) is 5.42. The average Bonchev–Trinajstić information content (AvgIpc) is 2.60. The smallest absolute Gasteiger partial charge is 0.208 e. The van der Waals surface area contributed by atoms with Gasteiger partial charge in [-0.3, -0.25) is 0 Å². The Kier molecular flexibility index (Phi) is 10.9. The summed E-state index contributed by atoms with van der Waals surface area (Å²) in [6.45, 7) is 11.0. The number of rotatable bonds is 14. The summed E-state index contributed by atoms with van der Waals surface area (Å²) in [6, 6.07) is 4.97. The molecular formula is C20H33O4. The van der Waals surface area contributed by atoms with Crippen LogP contribution in [0, 0.1) is 6.07 Å². The lowest BCUT2D eigenvalue weighted by Gasteiger charge is -2.19. The van der Waals surface area contributed by atoms with Gasteiger partial charge in [-0.25, -0.2) is 0 Å². The van der Waals surface area contributed by atoms with Crippen molar-refractivity contribution in [3.05, 3.63) is 12.1 Å². The van der Waals surface area contributed by atoms with Gasteiger partial charge in [0.15, 0.2) is 11.5 Å². The van der Waals surface area contributed by atoms with E-state index in [1.165, 1.54) is 0 Å². The summed E-state index contributed by atoms with van der Waals surface area (Å²) in [5.41, 5.74) is 0. The average molecular weight is 337 g/mol. The minimum absolute atomic E-state index is 0.616. The molecule has 0 fully saturated rings. The van der Waals surface area contributed by atoms with E-state index in [1.807, 2.05) is 0 Å². The maximum absolute atomic E-state index is 6.00. The summed E-state index contributed by atoms with van der Waals surface area (Å²) in [5, 5.41) is 0. The van der Waals surface area contributed by atoms with Crippen molar-refractivity contribution in [1.29, 1.82) is 0 Å². The number of ether oxygens (including phenoxy) is 4. The first kappa shape index (κ1) is 20.5. The monoisotopic (exact) mass is 337 g/mol. The quantitative estimate of drug-likeness (QED) is 0.425. The molecule has 0 N–H and O–H groups in total. The highest BCUT2D eigenvalue weighted by atomic mass is 16.6. The fourth-order valence-corrected chi connectivity index (χ4v) is 2.01. The molecule has 0 spiro atoms. The van der Waals surface area contributed by atoms with Gasteiger partial charge in [0.2, 0.25) is 11.5 Å². The summed E-state index contributed by atoms with van der Waals surface area (Å²) in [7, 11) is 0. The summed E-state index contributed by atoms with van der Waals surface area (Å²) < 4.78 is 23.6. The van der Waals surface area contributed by atoms with Gasteiger partial charge in [0.05, 0.1) is 26.4 Å². The normalized spacial score (nSPS) is 10.5. The van der Waals surface area contributed by atoms with Crippen LogP contribution in [0.15, 0.2) is 6.07 Å². The van der Waals surface area contributed by atoms with Crippen LogP contribution in [-0.2, 0) is 0 Å². The SMILES string of the molecule is CCCCOc1[c]cc(OCCC)c(OCCC)c1OCCCC. The molecule has 0 saturated heterocycles. The molecule has 1 rings (SSSR count). The number of unbranched alkanes of at least 4 members (excludes halogenated alkanes) is 2. The minimum Gasteiger partial charge on any atom is -0.490 e. The molecule has 0 aliphatic rings. The van der Waals surface area contributed by atoms with Crippen LogP contribution in [0.5, 0.6) is 23.0 Å². The van der Waals surface area contributed by atoms with Gasteiger partial charge in [-0.15, -0.1) is 0 Å². The van der Waals surface area contributed by atoms with Crippen molar-refractivity contribution in [1.82, 2.24) is 0 Å². The van der Waals surface area contributed by atoms with Crippen LogP contribution in [0.3, 0.4) is 0 Å². The Hall–Kier alpha value is -1.58. The van der Waals surface area contributed by atoms with Gasteiger partial charge in [-0.1, -0.05) is 40.5 Å². The maximum Gasteiger partial charge on any atom is 0.208 e. The van der Waals surface area contributed by atoms with Crippen molar-refractivity contribution >= 4 is 0 Å². The first-order valence-corrected chi connectivity index (χ1v) is 9.38. The van der Waals surface area contributed by atoms with Crippen molar-refractivity contribution in [2.45, 2.75) is 66.2 Å². The topological polar surface area (TPSA) is 36.9 Å². The largest absolute Gasteiger partial charge is 0.490 e. The Morgan fingerprint density at radius 1 is 0.667 bits per heavy atom. The van der Waals surface area contributed by atoms with E-state index in [4.69, 9.17) is 18.9 Å². The second-order valence-corrected chi connectivity index (χ2v) is 5.74. The highest BCUT2D eigenvalue weighted by Gasteiger charge is 2.19. The molecule has 0 atom stereocenters. The van der Waals surface area contributed by atoms with Gasteiger partial charge >= 0.3 is 0 Å². The van der Waals surface area contributed by atoms with E-state index in [2.05, 4.69) is 33.8 Å². The van der Waals surface area contributed by atoms with E-state index in [9.17, 15) is 0 Å². The van der Waals surface area contributed by atoms with Crippen molar-refractivity contribution in [3.63, 3.8) is 0 Å². The molecule has 0 amide bonds. The van der Waals surface area contributed by atoms with Crippen molar-refractivity contribution in [3.8, 4) is 23.0 Å². The Morgan fingerprint density at radius 2 is 1.25 bits per heavy atom. The highest BCUT2D eigenvalue weighted by molar-refractivity contribution is 5.58. The van der Waals surface area contributed by atoms with E-state index in [1.54, 1.807) is 6.07 Å². The molecule has 1 aromatic rings. The zero-order chi connectivity index (χ0) is 17.6. The van der Waals surface area contributed by atoms with Gasteiger partial charge in [0.1, 0.15) is 0 Å². The zero-order valence-corrected chi connectivity index (χ0v) is 15.8. The molecule has 0 aromatic heterocycles. The molecule has 1 radical (unpaired) electrons. The standard InChI is InChI=1S/C20H33O4/c1-5-9-15-22-18-12-11-17(21-13-7-3)19(23-14-8-4)20(18)24-16-10-6-2/h11H,5-10,13-16H2,1-4H3. The molecule has 0 unspecified atom stereocenters. The predicted molar refractivity (Wildman–Crippen MR) is 97.7 cm³/mol. The molecule has 137 valence electrons. The Labute approximate surface area is 147 Å². The lowest BCUT2D eigenvalue weighted by Crippen LogP contribution is -2.08. The Balaban J connectivity index is 3.06. The molecule has 1 aromatic carbocycles. The van der Waals surface area contributed by atoms with Gasteiger partial charge in [-0.2, -0.15) is 0 Å². The Morgan fingerprint density at radius 3 is 1.88 bits per heavy atom.